The fraction of sp³-hybridized carbons (Fsp3) is 0.200. The molecule has 0 aliphatic heterocycles. The van der Waals surface area contributed by atoms with Gasteiger partial charge in [-0.25, -0.2) is 4.68 Å². The Morgan fingerprint density at radius 3 is 3.17 bits per heavy atom. The topological polar surface area (TPSA) is 72.5 Å². The first kappa shape index (κ1) is 7.17. The zero-order chi connectivity index (χ0) is 8.39. The van der Waals surface area contributed by atoms with Crippen LogP contribution < -0.4 is 0 Å². The van der Waals surface area contributed by atoms with E-state index in [2.05, 4.69) is 25.2 Å². The highest BCUT2D eigenvalue weighted by molar-refractivity contribution is 7.71. The van der Waals surface area contributed by atoms with Crippen LogP contribution in [0, 0.1) is 4.77 Å². The highest BCUT2D eigenvalue weighted by Gasteiger charge is 1.99. The van der Waals surface area contributed by atoms with Crippen LogP contribution in [0.3, 0.4) is 0 Å². The van der Waals surface area contributed by atoms with E-state index < -0.39 is 0 Å². The van der Waals surface area contributed by atoms with Gasteiger partial charge in [0.05, 0.1) is 6.54 Å². The molecule has 2 heterocycles. The number of aromatic nitrogens is 5. The minimum atomic E-state index is 0.401. The Labute approximate surface area is 72.2 Å². The van der Waals surface area contributed by atoms with Crippen molar-refractivity contribution in [1.29, 1.82) is 0 Å². The Bertz CT molecular complexity index is 401. The number of H-pyrrole nitrogens is 1. The van der Waals surface area contributed by atoms with Crippen molar-refractivity contribution in [3.05, 3.63) is 22.8 Å². The van der Waals surface area contributed by atoms with E-state index in [9.17, 15) is 0 Å². The maximum absolute atomic E-state index is 4.86. The van der Waals surface area contributed by atoms with Crippen LogP contribution in [0.1, 0.15) is 5.69 Å². The zero-order valence-corrected chi connectivity index (χ0v) is 6.78. The first-order valence-corrected chi connectivity index (χ1v) is 3.64. The predicted octanol–water partition coefficient (Wildman–Crippen LogP) is 0.372. The zero-order valence-electron chi connectivity index (χ0n) is 5.97. The Morgan fingerprint density at radius 1 is 1.67 bits per heavy atom. The van der Waals surface area contributed by atoms with Gasteiger partial charge in [0.2, 0.25) is 4.77 Å². The summed E-state index contributed by atoms with van der Waals surface area (Å²) in [6.07, 6.45) is 1.50. The molecule has 12 heavy (non-hydrogen) atoms. The monoisotopic (exact) mass is 183 g/mol. The van der Waals surface area contributed by atoms with Gasteiger partial charge in [0.1, 0.15) is 12.0 Å². The summed E-state index contributed by atoms with van der Waals surface area (Å²) in [7, 11) is 0. The van der Waals surface area contributed by atoms with Crippen molar-refractivity contribution in [1.82, 2.24) is 25.4 Å². The summed E-state index contributed by atoms with van der Waals surface area (Å²) in [5.41, 5.74) is 0.775. The van der Waals surface area contributed by atoms with Crippen molar-refractivity contribution < 1.29 is 4.52 Å². The summed E-state index contributed by atoms with van der Waals surface area (Å²) in [5, 5.41) is 13.5. The molecule has 0 fully saturated rings. The molecule has 0 unspecified atom stereocenters. The van der Waals surface area contributed by atoms with Crippen LogP contribution in [0.4, 0.5) is 0 Å². The van der Waals surface area contributed by atoms with Crippen LogP contribution in [0.2, 0.25) is 0 Å². The van der Waals surface area contributed by atoms with E-state index in [-0.39, 0.29) is 0 Å². The van der Waals surface area contributed by atoms with Gasteiger partial charge in [-0.05, 0) is 12.2 Å². The van der Waals surface area contributed by atoms with Gasteiger partial charge < -0.3 is 4.52 Å². The molecule has 0 aliphatic rings. The Balaban J connectivity index is 2.25. The van der Waals surface area contributed by atoms with Crippen molar-refractivity contribution in [2.24, 2.45) is 0 Å². The second-order valence-electron chi connectivity index (χ2n) is 2.16. The maximum atomic E-state index is 4.86. The smallest absolute Gasteiger partial charge is 0.238 e. The van der Waals surface area contributed by atoms with Crippen molar-refractivity contribution in [3.63, 3.8) is 0 Å². The Hall–Kier alpha value is -1.50. The van der Waals surface area contributed by atoms with E-state index in [4.69, 9.17) is 12.2 Å². The normalized spacial score (nSPS) is 10.3. The molecule has 2 aromatic rings. The van der Waals surface area contributed by atoms with Crippen molar-refractivity contribution in [3.8, 4) is 0 Å². The van der Waals surface area contributed by atoms with Gasteiger partial charge in [-0.3, -0.25) is 0 Å². The number of tetrazole rings is 1. The fourth-order valence-electron chi connectivity index (χ4n) is 0.800. The standard InChI is InChI=1S/C5H5N5OS/c12-5-6-8-9-10(5)3-4-1-2-11-7-4/h1-2H,3H2,(H,6,9,12). The number of hydrogen-bond acceptors (Lipinski definition) is 5. The molecule has 0 spiro atoms. The van der Waals surface area contributed by atoms with Crippen LogP contribution in [-0.4, -0.2) is 25.4 Å². The quantitative estimate of drug-likeness (QED) is 0.681. The van der Waals surface area contributed by atoms with E-state index in [0.717, 1.165) is 5.69 Å². The molecule has 2 rings (SSSR count). The molecular formula is C5H5N5OS. The largest absolute Gasteiger partial charge is 0.364 e. The van der Waals surface area contributed by atoms with Gasteiger partial charge in [-0.1, -0.05) is 15.5 Å². The number of rotatable bonds is 2. The number of nitrogens with one attached hydrogen (secondary N) is 1. The lowest BCUT2D eigenvalue weighted by molar-refractivity contribution is 0.407. The molecule has 0 radical (unpaired) electrons. The summed E-state index contributed by atoms with van der Waals surface area (Å²) >= 11 is 4.86. The minimum absolute atomic E-state index is 0.401. The SMILES string of the molecule is S=c1nn[nH]n1Cc1ccon1. The van der Waals surface area contributed by atoms with E-state index in [1.54, 1.807) is 10.7 Å². The van der Waals surface area contributed by atoms with Gasteiger partial charge in [0.25, 0.3) is 0 Å². The third kappa shape index (κ3) is 1.26. The van der Waals surface area contributed by atoms with Crippen LogP contribution in [0.5, 0.6) is 0 Å². The lowest BCUT2D eigenvalue weighted by atomic mass is 10.4. The maximum Gasteiger partial charge on any atom is 0.238 e. The van der Waals surface area contributed by atoms with Crippen LogP contribution >= 0.6 is 12.2 Å². The molecule has 0 aliphatic carbocycles. The van der Waals surface area contributed by atoms with Crippen molar-refractivity contribution in [2.45, 2.75) is 6.54 Å². The summed E-state index contributed by atoms with van der Waals surface area (Å²) in [4.78, 5) is 0. The average molecular weight is 183 g/mol. The van der Waals surface area contributed by atoms with E-state index >= 15 is 0 Å². The van der Waals surface area contributed by atoms with E-state index in [1.165, 1.54) is 6.26 Å². The molecule has 0 atom stereocenters. The Kier molecular flexibility index (Phi) is 1.71. The predicted molar refractivity (Wildman–Crippen MR) is 40.8 cm³/mol. The molecule has 0 amide bonds. The first-order chi connectivity index (χ1) is 5.86. The average Bonchev–Trinajstić information content (AvgIpc) is 2.65. The molecular weight excluding hydrogens is 178 g/mol. The molecule has 6 nitrogen and oxygen atoms in total. The van der Waals surface area contributed by atoms with Crippen LogP contribution in [0.25, 0.3) is 0 Å². The number of hydrogen-bond donors (Lipinski definition) is 1. The molecule has 0 bridgehead atoms. The highest BCUT2D eigenvalue weighted by Crippen LogP contribution is 1.96. The van der Waals surface area contributed by atoms with Gasteiger partial charge in [-0.15, -0.1) is 0 Å². The van der Waals surface area contributed by atoms with E-state index in [1.807, 2.05) is 0 Å². The molecule has 0 aromatic carbocycles. The molecule has 0 saturated carbocycles. The summed E-state index contributed by atoms with van der Waals surface area (Å²) in [5.74, 6) is 0. The lowest BCUT2D eigenvalue weighted by Crippen LogP contribution is -2.01. The first-order valence-electron chi connectivity index (χ1n) is 3.23. The van der Waals surface area contributed by atoms with Crippen molar-refractivity contribution in [2.75, 3.05) is 0 Å². The number of nitrogens with zero attached hydrogens (tertiary/aromatic N) is 4. The number of aromatic amines is 1. The van der Waals surface area contributed by atoms with Gasteiger partial charge in [-0.2, -0.15) is 5.21 Å². The lowest BCUT2D eigenvalue weighted by Gasteiger charge is -1.93. The molecule has 2 aromatic heterocycles. The summed E-state index contributed by atoms with van der Waals surface area (Å²) < 4.78 is 6.64. The molecule has 7 heteroatoms. The molecule has 62 valence electrons. The van der Waals surface area contributed by atoms with Crippen LogP contribution in [-0.2, 0) is 6.54 Å². The summed E-state index contributed by atoms with van der Waals surface area (Å²) in [6.45, 7) is 0.502. The second kappa shape index (κ2) is 2.86. The van der Waals surface area contributed by atoms with Gasteiger partial charge >= 0.3 is 0 Å². The van der Waals surface area contributed by atoms with Crippen LogP contribution in [0.15, 0.2) is 16.9 Å². The van der Waals surface area contributed by atoms with Gasteiger partial charge in [0, 0.05) is 6.07 Å². The highest BCUT2D eigenvalue weighted by atomic mass is 32.1. The second-order valence-corrected chi connectivity index (χ2v) is 2.52. The van der Waals surface area contributed by atoms with Crippen molar-refractivity contribution >= 4 is 12.2 Å². The third-order valence-corrected chi connectivity index (χ3v) is 1.65. The minimum Gasteiger partial charge on any atom is -0.364 e. The molecule has 1 N–H and O–H groups in total. The fourth-order valence-corrected chi connectivity index (χ4v) is 0.946. The third-order valence-electron chi connectivity index (χ3n) is 1.34. The summed E-state index contributed by atoms with van der Waals surface area (Å²) in [6, 6.07) is 1.75. The van der Waals surface area contributed by atoms with E-state index in [0.29, 0.717) is 11.3 Å². The molecule has 0 saturated heterocycles. The van der Waals surface area contributed by atoms with Gasteiger partial charge in [0.15, 0.2) is 0 Å². The Morgan fingerprint density at radius 2 is 2.58 bits per heavy atom.